The summed E-state index contributed by atoms with van der Waals surface area (Å²) in [5.41, 5.74) is 16.6. The Labute approximate surface area is 363 Å². The van der Waals surface area contributed by atoms with Crippen LogP contribution in [0.4, 0.5) is 11.4 Å². The molecule has 5 heterocycles. The topological polar surface area (TPSA) is 43.2 Å². The molecule has 62 heavy (non-hydrogen) atoms. The molecule has 0 aliphatic carbocycles. The van der Waals surface area contributed by atoms with Crippen LogP contribution < -0.4 is 16.2 Å². The molecule has 4 nitrogen and oxygen atoms in total. The lowest BCUT2D eigenvalue weighted by Gasteiger charge is -2.24. The monoisotopic (exact) mass is 817 g/mol. The van der Waals surface area contributed by atoms with E-state index in [1.54, 1.807) is 0 Å². The molecule has 0 atom stereocenters. The number of aromatic nitrogens is 1. The van der Waals surface area contributed by atoms with Gasteiger partial charge in [-0.25, -0.2) is 0 Å². The molecule has 1 radical (unpaired) electrons. The lowest BCUT2D eigenvalue weighted by atomic mass is 9.59. The number of furan rings is 2. The summed E-state index contributed by atoms with van der Waals surface area (Å²) in [6.45, 7) is 13.7. The van der Waals surface area contributed by atoms with E-state index in [0.29, 0.717) is 0 Å². The third-order valence-corrected chi connectivity index (χ3v) is 14.5. The first-order chi connectivity index (χ1) is 29.9. The van der Waals surface area contributed by atoms with E-state index in [1.165, 1.54) is 58.8 Å². The van der Waals surface area contributed by atoms with Gasteiger partial charge in [-0.2, -0.15) is 0 Å². The van der Waals surface area contributed by atoms with E-state index >= 15 is 0 Å². The van der Waals surface area contributed by atoms with Crippen LogP contribution >= 0.6 is 11.3 Å². The smallest absolute Gasteiger partial charge is 0.197 e. The second kappa shape index (κ2) is 12.4. The average Bonchev–Trinajstić information content (AvgIpc) is 4.00. The highest BCUT2D eigenvalue weighted by atomic mass is 32.1. The lowest BCUT2D eigenvalue weighted by molar-refractivity contribution is 0.590. The van der Waals surface area contributed by atoms with E-state index in [9.17, 15) is 0 Å². The van der Waals surface area contributed by atoms with Crippen LogP contribution in [0.3, 0.4) is 0 Å². The number of hydrogen-bond donors (Lipinski definition) is 1. The minimum Gasteiger partial charge on any atom is -0.456 e. The molecule has 1 aliphatic rings. The van der Waals surface area contributed by atoms with Crippen LogP contribution in [0.5, 0.6) is 0 Å². The molecule has 13 rings (SSSR count). The van der Waals surface area contributed by atoms with E-state index in [1.807, 2.05) is 23.5 Å². The zero-order valence-corrected chi connectivity index (χ0v) is 36.3. The summed E-state index contributed by atoms with van der Waals surface area (Å²) >= 11 is 1.87. The van der Waals surface area contributed by atoms with Crippen LogP contribution in [0.15, 0.2) is 148 Å². The van der Waals surface area contributed by atoms with Gasteiger partial charge < -0.3 is 18.7 Å². The van der Waals surface area contributed by atoms with E-state index in [0.717, 1.165) is 77.3 Å². The van der Waals surface area contributed by atoms with Gasteiger partial charge in [0.15, 0.2) is 7.28 Å². The van der Waals surface area contributed by atoms with Gasteiger partial charge in [-0.3, -0.25) is 0 Å². The Morgan fingerprint density at radius 3 is 1.89 bits per heavy atom. The normalized spacial score (nSPS) is 13.1. The molecule has 1 aliphatic heterocycles. The van der Waals surface area contributed by atoms with Crippen molar-refractivity contribution in [1.29, 1.82) is 0 Å². The fourth-order valence-corrected chi connectivity index (χ4v) is 11.2. The maximum absolute atomic E-state index is 6.55. The van der Waals surface area contributed by atoms with Crippen molar-refractivity contribution < 1.29 is 8.83 Å². The third-order valence-electron chi connectivity index (χ3n) is 13.3. The summed E-state index contributed by atoms with van der Waals surface area (Å²) in [4.78, 5) is 0. The number of hydrogen-bond acceptors (Lipinski definition) is 4. The number of fused-ring (bicyclic) bond motifs is 14. The first-order valence-electron chi connectivity index (χ1n) is 21.6. The lowest BCUT2D eigenvalue weighted by Crippen LogP contribution is -2.37. The Kier molecular flexibility index (Phi) is 7.21. The quantitative estimate of drug-likeness (QED) is 0.181. The van der Waals surface area contributed by atoms with Gasteiger partial charge in [0.1, 0.15) is 22.3 Å². The van der Waals surface area contributed by atoms with E-state index in [4.69, 9.17) is 8.83 Å². The highest BCUT2D eigenvalue weighted by molar-refractivity contribution is 7.25. The number of nitrogens with zero attached hydrogens (tertiary/aromatic N) is 1. The number of nitrogens with one attached hydrogen (secondary N) is 1. The molecule has 1 N–H and O–H groups in total. The highest BCUT2D eigenvalue weighted by Gasteiger charge is 2.29. The van der Waals surface area contributed by atoms with Crippen LogP contribution in [-0.2, 0) is 10.8 Å². The van der Waals surface area contributed by atoms with E-state index < -0.39 is 0 Å². The molecule has 12 aromatic rings. The van der Waals surface area contributed by atoms with Gasteiger partial charge in [-0.15, -0.1) is 11.3 Å². The molecule has 0 unspecified atom stereocenters. The molecule has 8 aromatic carbocycles. The van der Waals surface area contributed by atoms with Crippen molar-refractivity contribution in [3.8, 4) is 16.8 Å². The fourth-order valence-electron chi connectivity index (χ4n) is 10.0. The summed E-state index contributed by atoms with van der Waals surface area (Å²) < 4.78 is 18.1. The standard InChI is InChI=1S/C56H42BN2O2S/c1-55(2,3)30-15-18-32(19-16-30)58-44-28-52-42(41-23-31(56(4,5)6)17-22-51(41)62-52)24-37(44)35-20-21-36-38-27-49-40(34-12-8-10-14-48(34)60-49)26-45(38)59-46-29-50-39(25-43(46)57-53(35)54(36)59)33-11-7-9-13-47(33)61-50/h7-29,58H,1-6H3. The summed E-state index contributed by atoms with van der Waals surface area (Å²) in [6.07, 6.45) is 0. The second-order valence-electron chi connectivity index (χ2n) is 19.3. The summed E-state index contributed by atoms with van der Waals surface area (Å²) in [7, 11) is 2.42. The SMILES string of the molecule is CC(C)(C)c1ccc(Nc2cc3sc4ccc(C(C)(C)C)cc4c3cc2-c2ccc3c4cc5oc6ccccc6c5cc4n4c3c2[B]c2cc3c(cc2-4)oc2ccccc23)cc1. The molecule has 0 fully saturated rings. The van der Waals surface area contributed by atoms with Crippen LogP contribution in [0.1, 0.15) is 52.7 Å². The van der Waals surface area contributed by atoms with Crippen LogP contribution in [0.2, 0.25) is 0 Å². The maximum atomic E-state index is 6.55. The van der Waals surface area contributed by atoms with Gasteiger partial charge in [0.25, 0.3) is 0 Å². The Morgan fingerprint density at radius 1 is 0.500 bits per heavy atom. The molecule has 0 saturated heterocycles. The minimum atomic E-state index is 0.0377. The number of para-hydroxylation sites is 2. The summed E-state index contributed by atoms with van der Waals surface area (Å²) in [6, 6.07) is 51.4. The van der Waals surface area contributed by atoms with Crippen molar-refractivity contribution >= 4 is 127 Å². The van der Waals surface area contributed by atoms with Crippen LogP contribution in [0.25, 0.3) is 103 Å². The van der Waals surface area contributed by atoms with E-state index in [2.05, 4.69) is 186 Å². The molecular weight excluding hydrogens is 776 g/mol. The molecule has 0 bridgehead atoms. The van der Waals surface area contributed by atoms with Crippen molar-refractivity contribution in [3.05, 3.63) is 151 Å². The summed E-state index contributed by atoms with van der Waals surface area (Å²) in [5, 5.41) is 13.4. The largest absolute Gasteiger partial charge is 0.456 e. The maximum Gasteiger partial charge on any atom is 0.197 e. The van der Waals surface area contributed by atoms with Gasteiger partial charge in [0.2, 0.25) is 0 Å². The predicted octanol–water partition coefficient (Wildman–Crippen LogP) is 14.9. The number of thiophene rings is 1. The fraction of sp³-hybridized carbons (Fsp3) is 0.143. The van der Waals surface area contributed by atoms with Crippen LogP contribution in [0, 0.1) is 0 Å². The zero-order chi connectivity index (χ0) is 41.8. The van der Waals surface area contributed by atoms with Gasteiger partial charge in [-0.1, -0.05) is 120 Å². The first-order valence-corrected chi connectivity index (χ1v) is 22.4. The van der Waals surface area contributed by atoms with Gasteiger partial charge >= 0.3 is 0 Å². The molecule has 0 amide bonds. The second-order valence-corrected chi connectivity index (χ2v) is 20.4. The van der Waals surface area contributed by atoms with Gasteiger partial charge in [0, 0.05) is 86.7 Å². The molecule has 6 heteroatoms. The third kappa shape index (κ3) is 5.20. The average molecular weight is 818 g/mol. The Bertz CT molecular complexity index is 3880. The Morgan fingerprint density at radius 2 is 1.16 bits per heavy atom. The summed E-state index contributed by atoms with van der Waals surface area (Å²) in [5.74, 6) is 0. The van der Waals surface area contributed by atoms with E-state index in [-0.39, 0.29) is 10.8 Å². The first kappa shape index (κ1) is 35.9. The van der Waals surface area contributed by atoms with Gasteiger partial charge in [-0.05, 0) is 93.6 Å². The predicted molar refractivity (Wildman–Crippen MR) is 266 cm³/mol. The number of anilines is 2. The minimum absolute atomic E-state index is 0.0377. The Balaban J connectivity index is 1.11. The van der Waals surface area contributed by atoms with Gasteiger partial charge in [0.05, 0.1) is 5.52 Å². The molecule has 297 valence electrons. The van der Waals surface area contributed by atoms with Crippen molar-refractivity contribution in [2.24, 2.45) is 0 Å². The zero-order valence-electron chi connectivity index (χ0n) is 35.5. The number of benzene rings is 8. The van der Waals surface area contributed by atoms with Crippen molar-refractivity contribution in [3.63, 3.8) is 0 Å². The Hall–Kier alpha value is -6.76. The number of rotatable bonds is 3. The molecule has 0 saturated carbocycles. The van der Waals surface area contributed by atoms with Crippen molar-refractivity contribution in [1.82, 2.24) is 4.57 Å². The molecule has 4 aromatic heterocycles. The van der Waals surface area contributed by atoms with Crippen molar-refractivity contribution in [2.75, 3.05) is 5.32 Å². The molecular formula is C56H42BN2O2S. The van der Waals surface area contributed by atoms with Crippen LogP contribution in [-0.4, -0.2) is 11.8 Å². The highest BCUT2D eigenvalue weighted by Crippen LogP contribution is 2.45. The van der Waals surface area contributed by atoms with Crippen molar-refractivity contribution in [2.45, 2.75) is 52.4 Å². The molecule has 0 spiro atoms.